The van der Waals surface area contributed by atoms with Crippen LogP contribution in [0.2, 0.25) is 0 Å². The second-order valence-corrected chi connectivity index (χ2v) is 7.51. The van der Waals surface area contributed by atoms with Crippen LogP contribution in [-0.2, 0) is 16.1 Å². The minimum atomic E-state index is -0.876. The molecule has 3 aromatic carbocycles. The van der Waals surface area contributed by atoms with E-state index in [0.717, 1.165) is 10.8 Å². The molecular formula is C26H22FN3O3. The van der Waals surface area contributed by atoms with Gasteiger partial charge in [-0.1, -0.05) is 36.4 Å². The third-order valence-electron chi connectivity index (χ3n) is 5.28. The van der Waals surface area contributed by atoms with Crippen LogP contribution in [0.5, 0.6) is 0 Å². The molecule has 0 spiro atoms. The number of nitrogens with two attached hydrogens (primary N) is 1. The Balaban J connectivity index is 1.44. The van der Waals surface area contributed by atoms with E-state index < -0.39 is 23.6 Å². The normalized spacial score (nSPS) is 11.7. The van der Waals surface area contributed by atoms with E-state index in [4.69, 9.17) is 10.5 Å². The van der Waals surface area contributed by atoms with E-state index in [2.05, 4.69) is 10.3 Å². The highest BCUT2D eigenvalue weighted by Crippen LogP contribution is 2.24. The minimum absolute atomic E-state index is 0.0669. The average molecular weight is 443 g/mol. The van der Waals surface area contributed by atoms with Crippen LogP contribution in [0, 0.1) is 5.82 Å². The van der Waals surface area contributed by atoms with Crippen molar-refractivity contribution < 1.29 is 18.7 Å². The van der Waals surface area contributed by atoms with Crippen LogP contribution >= 0.6 is 0 Å². The molecule has 166 valence electrons. The highest BCUT2D eigenvalue weighted by Gasteiger charge is 2.23. The predicted molar refractivity (Wildman–Crippen MR) is 124 cm³/mol. The van der Waals surface area contributed by atoms with E-state index in [9.17, 15) is 14.0 Å². The molecule has 4 rings (SSSR count). The first kappa shape index (κ1) is 22.1. The monoisotopic (exact) mass is 443 g/mol. The Kier molecular flexibility index (Phi) is 6.71. The Labute approximate surface area is 190 Å². The number of esters is 1. The lowest BCUT2D eigenvalue weighted by Crippen LogP contribution is -2.28. The Morgan fingerprint density at radius 2 is 1.82 bits per heavy atom. The fourth-order valence-electron chi connectivity index (χ4n) is 3.52. The van der Waals surface area contributed by atoms with E-state index in [1.54, 1.807) is 54.9 Å². The molecule has 7 heteroatoms. The Bertz CT molecular complexity index is 1290. The largest absolute Gasteiger partial charge is 0.457 e. The molecule has 1 atom stereocenters. The van der Waals surface area contributed by atoms with Gasteiger partial charge in [0, 0.05) is 35.6 Å². The summed E-state index contributed by atoms with van der Waals surface area (Å²) in [6, 6.07) is 20.2. The predicted octanol–water partition coefficient (Wildman–Crippen LogP) is 4.41. The quantitative estimate of drug-likeness (QED) is 0.413. The number of rotatable bonds is 7. The molecule has 0 saturated carbocycles. The van der Waals surface area contributed by atoms with Crippen molar-refractivity contribution in [2.24, 2.45) is 5.73 Å². The number of benzene rings is 3. The zero-order valence-electron chi connectivity index (χ0n) is 17.7. The van der Waals surface area contributed by atoms with Crippen LogP contribution in [0.1, 0.15) is 27.4 Å². The molecule has 0 aliphatic heterocycles. The second-order valence-electron chi connectivity index (χ2n) is 7.51. The Hall–Kier alpha value is -4.10. The number of anilines is 1. The fraction of sp³-hybridized carbons (Fsp3) is 0.115. The molecule has 1 unspecified atom stereocenters. The first-order valence-electron chi connectivity index (χ1n) is 10.4. The summed E-state index contributed by atoms with van der Waals surface area (Å²) in [5.74, 6) is -2.36. The number of halogens is 1. The van der Waals surface area contributed by atoms with Crippen LogP contribution in [-0.4, -0.2) is 23.4 Å². The van der Waals surface area contributed by atoms with E-state index in [-0.39, 0.29) is 18.7 Å². The molecule has 0 radical (unpaired) electrons. The maximum absolute atomic E-state index is 14.9. The summed E-state index contributed by atoms with van der Waals surface area (Å²) in [6.45, 7) is -0.154. The highest BCUT2D eigenvalue weighted by molar-refractivity contribution is 5.98. The number of ether oxygens (including phenoxy) is 1. The van der Waals surface area contributed by atoms with Gasteiger partial charge in [0.05, 0.1) is 11.5 Å². The molecule has 1 aromatic heterocycles. The van der Waals surface area contributed by atoms with Crippen molar-refractivity contribution in [2.75, 3.05) is 11.9 Å². The molecule has 0 fully saturated rings. The number of carbonyl (C=O) groups excluding carboxylic acids is 2. The number of fused-ring (bicyclic) bond motifs is 1. The van der Waals surface area contributed by atoms with Gasteiger partial charge in [0.25, 0.3) is 0 Å². The summed E-state index contributed by atoms with van der Waals surface area (Å²) in [4.78, 5) is 29.0. The SMILES string of the molecule is NCC(C(=O)Nc1ccc2cnccc2c1)c1ccc(COC(=O)c2ccccc2)cc1F. The van der Waals surface area contributed by atoms with Gasteiger partial charge in [0.1, 0.15) is 12.4 Å². The van der Waals surface area contributed by atoms with Gasteiger partial charge in [-0.05, 0) is 47.3 Å². The van der Waals surface area contributed by atoms with Crippen LogP contribution in [0.15, 0.2) is 85.2 Å². The number of nitrogens with one attached hydrogen (secondary N) is 1. The molecule has 3 N–H and O–H groups in total. The fourth-order valence-corrected chi connectivity index (χ4v) is 3.52. The smallest absolute Gasteiger partial charge is 0.338 e. The molecule has 1 heterocycles. The van der Waals surface area contributed by atoms with Gasteiger partial charge in [-0.3, -0.25) is 9.78 Å². The molecule has 0 saturated heterocycles. The third kappa shape index (κ3) is 5.22. The van der Waals surface area contributed by atoms with Crippen molar-refractivity contribution in [2.45, 2.75) is 12.5 Å². The molecule has 4 aromatic rings. The summed E-state index contributed by atoms with van der Waals surface area (Å²) < 4.78 is 20.1. The third-order valence-corrected chi connectivity index (χ3v) is 5.28. The van der Waals surface area contributed by atoms with E-state index in [0.29, 0.717) is 16.8 Å². The molecule has 0 bridgehead atoms. The van der Waals surface area contributed by atoms with Crippen molar-refractivity contribution >= 4 is 28.3 Å². The number of carbonyl (C=O) groups is 2. The van der Waals surface area contributed by atoms with Gasteiger partial charge in [-0.25, -0.2) is 9.18 Å². The van der Waals surface area contributed by atoms with E-state index in [1.807, 2.05) is 18.2 Å². The molecule has 0 aliphatic carbocycles. The topological polar surface area (TPSA) is 94.3 Å². The lowest BCUT2D eigenvalue weighted by Gasteiger charge is -2.17. The Morgan fingerprint density at radius 3 is 2.58 bits per heavy atom. The summed E-state index contributed by atoms with van der Waals surface area (Å²) in [5, 5.41) is 4.68. The molecule has 6 nitrogen and oxygen atoms in total. The number of aromatic nitrogens is 1. The summed E-state index contributed by atoms with van der Waals surface area (Å²) >= 11 is 0. The number of hydrogen-bond acceptors (Lipinski definition) is 5. The minimum Gasteiger partial charge on any atom is -0.457 e. The molecule has 0 aliphatic rings. The van der Waals surface area contributed by atoms with Gasteiger partial charge < -0.3 is 15.8 Å². The molecular weight excluding hydrogens is 421 g/mol. The van der Waals surface area contributed by atoms with Crippen LogP contribution in [0.4, 0.5) is 10.1 Å². The van der Waals surface area contributed by atoms with Gasteiger partial charge in [-0.2, -0.15) is 0 Å². The Morgan fingerprint density at radius 1 is 1.00 bits per heavy atom. The van der Waals surface area contributed by atoms with Gasteiger partial charge in [0.15, 0.2) is 0 Å². The van der Waals surface area contributed by atoms with Crippen LogP contribution < -0.4 is 11.1 Å². The highest BCUT2D eigenvalue weighted by atomic mass is 19.1. The standard InChI is InChI=1S/C26H22FN3O3/c27-24-12-17(16-33-26(32)18-4-2-1-3-5-18)6-9-22(24)23(14-28)25(31)30-21-8-7-20-15-29-11-10-19(20)13-21/h1-13,15,23H,14,16,28H2,(H,30,31). The van der Waals surface area contributed by atoms with Crippen molar-refractivity contribution in [3.63, 3.8) is 0 Å². The molecule has 33 heavy (non-hydrogen) atoms. The number of hydrogen-bond donors (Lipinski definition) is 2. The van der Waals surface area contributed by atoms with Crippen molar-refractivity contribution in [3.8, 4) is 0 Å². The lowest BCUT2D eigenvalue weighted by atomic mass is 9.96. The summed E-state index contributed by atoms with van der Waals surface area (Å²) in [6.07, 6.45) is 3.41. The van der Waals surface area contributed by atoms with Crippen LogP contribution in [0.25, 0.3) is 10.8 Å². The summed E-state index contributed by atoms with van der Waals surface area (Å²) in [5.41, 5.74) is 7.47. The van der Waals surface area contributed by atoms with Gasteiger partial charge >= 0.3 is 5.97 Å². The zero-order valence-corrected chi connectivity index (χ0v) is 17.7. The first-order valence-corrected chi connectivity index (χ1v) is 10.4. The van der Waals surface area contributed by atoms with Crippen LogP contribution in [0.3, 0.4) is 0 Å². The van der Waals surface area contributed by atoms with Crippen molar-refractivity contribution in [1.82, 2.24) is 4.98 Å². The van der Waals surface area contributed by atoms with Crippen molar-refractivity contribution in [1.29, 1.82) is 0 Å². The number of pyridine rings is 1. The maximum atomic E-state index is 14.9. The van der Waals surface area contributed by atoms with E-state index in [1.165, 1.54) is 12.1 Å². The molecule has 1 amide bonds. The van der Waals surface area contributed by atoms with Gasteiger partial charge in [0.2, 0.25) is 5.91 Å². The van der Waals surface area contributed by atoms with Crippen molar-refractivity contribution in [3.05, 3.63) is 108 Å². The maximum Gasteiger partial charge on any atom is 0.338 e. The van der Waals surface area contributed by atoms with Gasteiger partial charge in [-0.15, -0.1) is 0 Å². The lowest BCUT2D eigenvalue weighted by molar-refractivity contribution is -0.117. The average Bonchev–Trinajstić information content (AvgIpc) is 2.84. The zero-order chi connectivity index (χ0) is 23.2. The number of nitrogens with zero attached hydrogens (tertiary/aromatic N) is 1. The van der Waals surface area contributed by atoms with E-state index >= 15 is 0 Å². The first-order chi connectivity index (χ1) is 16.0. The second kappa shape index (κ2) is 10.0. The summed E-state index contributed by atoms with van der Waals surface area (Å²) in [7, 11) is 0. The number of amides is 1.